The van der Waals surface area contributed by atoms with E-state index in [9.17, 15) is 24.9 Å². The van der Waals surface area contributed by atoms with Gasteiger partial charge in [-0.3, -0.25) is 9.59 Å². The van der Waals surface area contributed by atoms with Crippen molar-refractivity contribution in [2.24, 2.45) is 52.3 Å². The Morgan fingerprint density at radius 2 is 1.70 bits per heavy atom. The molecule has 4 fully saturated rings. The highest BCUT2D eigenvalue weighted by Crippen LogP contribution is 2.68. The lowest BCUT2D eigenvalue weighted by Crippen LogP contribution is -2.62. The summed E-state index contributed by atoms with van der Waals surface area (Å²) < 4.78 is 0. The van der Waals surface area contributed by atoms with Gasteiger partial charge in [-0.1, -0.05) is 59.2 Å². The minimum absolute atomic E-state index is 0.000671. The monoisotopic (exact) mass is 596 g/mol. The molecule has 7 nitrogen and oxygen atoms in total. The maximum atomic E-state index is 13.2. The largest absolute Gasteiger partial charge is 0.393 e. The smallest absolute Gasteiger partial charge is 0.247 e. The van der Waals surface area contributed by atoms with Crippen LogP contribution in [0.25, 0.3) is 0 Å². The lowest BCUT2D eigenvalue weighted by molar-refractivity contribution is -0.207. The van der Waals surface area contributed by atoms with E-state index in [1.165, 1.54) is 0 Å². The zero-order chi connectivity index (χ0) is 31.1. The number of hydrogen-bond acceptors (Lipinski definition) is 5. The van der Waals surface area contributed by atoms with Crippen LogP contribution in [0, 0.1) is 52.3 Å². The first-order chi connectivity index (χ1) is 20.4. The molecular weight excluding hydrogens is 540 g/mol. The molecule has 240 valence electrons. The second-order valence-corrected chi connectivity index (χ2v) is 15.3. The summed E-state index contributed by atoms with van der Waals surface area (Å²) in [6.45, 7) is 10.9. The van der Waals surface area contributed by atoms with Crippen LogP contribution in [-0.4, -0.2) is 51.5 Å². The zero-order valence-electron chi connectivity index (χ0n) is 27.0. The van der Waals surface area contributed by atoms with Crippen molar-refractivity contribution in [1.82, 2.24) is 5.32 Å². The molecule has 7 heteroatoms. The fourth-order valence-corrected chi connectivity index (χ4v) is 10.4. The molecule has 4 saturated carbocycles. The van der Waals surface area contributed by atoms with Crippen molar-refractivity contribution < 1.29 is 24.9 Å². The Labute approximate surface area is 258 Å². The number of nitrogens with one attached hydrogen (secondary N) is 2. The molecular formula is C36H56N2O5. The Morgan fingerprint density at radius 3 is 2.40 bits per heavy atom. The van der Waals surface area contributed by atoms with Crippen molar-refractivity contribution in [3.8, 4) is 0 Å². The van der Waals surface area contributed by atoms with Crippen LogP contribution >= 0.6 is 0 Å². The minimum Gasteiger partial charge on any atom is -0.393 e. The first-order valence-electron chi connectivity index (χ1n) is 17.1. The van der Waals surface area contributed by atoms with Crippen molar-refractivity contribution >= 4 is 17.5 Å². The van der Waals surface area contributed by atoms with Gasteiger partial charge in [-0.05, 0) is 116 Å². The molecule has 5 rings (SSSR count). The first-order valence-corrected chi connectivity index (χ1v) is 17.1. The quantitative estimate of drug-likeness (QED) is 0.257. The fourth-order valence-electron chi connectivity index (χ4n) is 10.4. The van der Waals surface area contributed by atoms with Gasteiger partial charge < -0.3 is 26.0 Å². The summed E-state index contributed by atoms with van der Waals surface area (Å²) in [7, 11) is 0. The van der Waals surface area contributed by atoms with Gasteiger partial charge in [0.15, 0.2) is 0 Å². The number of carbonyl (C=O) groups is 2. The van der Waals surface area contributed by atoms with Gasteiger partial charge in [-0.25, -0.2) is 0 Å². The predicted octanol–water partition coefficient (Wildman–Crippen LogP) is 5.53. The van der Waals surface area contributed by atoms with E-state index >= 15 is 0 Å². The molecule has 0 bridgehead atoms. The van der Waals surface area contributed by atoms with E-state index in [0.717, 1.165) is 50.6 Å². The van der Waals surface area contributed by atoms with E-state index in [2.05, 4.69) is 31.4 Å². The van der Waals surface area contributed by atoms with E-state index in [0.29, 0.717) is 25.2 Å². The molecule has 13 atom stereocenters. The molecule has 0 radical (unpaired) electrons. The topological polar surface area (TPSA) is 119 Å². The van der Waals surface area contributed by atoms with Crippen LogP contribution in [0.4, 0.5) is 5.69 Å². The summed E-state index contributed by atoms with van der Waals surface area (Å²) in [5.41, 5.74) is 0.492. The highest BCUT2D eigenvalue weighted by atomic mass is 16.3. The summed E-state index contributed by atoms with van der Waals surface area (Å²) in [4.78, 5) is 26.3. The van der Waals surface area contributed by atoms with Crippen molar-refractivity contribution in [3.05, 3.63) is 30.3 Å². The van der Waals surface area contributed by atoms with Gasteiger partial charge in [0, 0.05) is 12.1 Å². The lowest BCUT2D eigenvalue weighted by Gasteiger charge is -2.63. The molecule has 4 aliphatic rings. The fraction of sp³-hybridized carbons (Fsp3) is 0.778. The third kappa shape index (κ3) is 6.03. The van der Waals surface area contributed by atoms with Crippen LogP contribution in [0.2, 0.25) is 0 Å². The minimum atomic E-state index is -0.600. The number of carbonyl (C=O) groups excluding carboxylic acids is 2. The van der Waals surface area contributed by atoms with E-state index in [1.54, 1.807) is 0 Å². The molecule has 0 spiro atoms. The van der Waals surface area contributed by atoms with Crippen molar-refractivity contribution in [2.75, 3.05) is 5.32 Å². The highest BCUT2D eigenvalue weighted by Gasteiger charge is 2.65. The molecule has 0 aliphatic heterocycles. The maximum absolute atomic E-state index is 13.2. The molecule has 0 aromatic heterocycles. The molecule has 4 aliphatic carbocycles. The molecule has 0 unspecified atom stereocenters. The molecule has 43 heavy (non-hydrogen) atoms. The van der Waals surface area contributed by atoms with Crippen LogP contribution in [-0.2, 0) is 9.59 Å². The second kappa shape index (κ2) is 12.8. The Bertz CT molecular complexity index is 1130. The number of fused-ring (bicyclic) bond motifs is 5. The number of amides is 2. The number of para-hydroxylation sites is 1. The summed E-state index contributed by atoms with van der Waals surface area (Å²) >= 11 is 0. The maximum Gasteiger partial charge on any atom is 0.247 e. The van der Waals surface area contributed by atoms with Gasteiger partial charge in [0.2, 0.25) is 11.8 Å². The summed E-state index contributed by atoms with van der Waals surface area (Å²) in [5, 5.41) is 39.7. The van der Waals surface area contributed by atoms with Crippen LogP contribution in [0.1, 0.15) is 98.8 Å². The molecule has 2 amide bonds. The highest BCUT2D eigenvalue weighted by molar-refractivity contribution is 5.97. The predicted molar refractivity (Wildman–Crippen MR) is 169 cm³/mol. The molecule has 1 aromatic carbocycles. The van der Waals surface area contributed by atoms with E-state index in [1.807, 2.05) is 44.2 Å². The normalized spacial score (nSPS) is 40.7. The number of aliphatic hydroxyl groups excluding tert-OH is 3. The average molecular weight is 597 g/mol. The summed E-state index contributed by atoms with van der Waals surface area (Å²) in [6, 6.07) is 8.74. The van der Waals surface area contributed by atoms with Crippen LogP contribution < -0.4 is 10.6 Å². The van der Waals surface area contributed by atoms with Gasteiger partial charge >= 0.3 is 0 Å². The van der Waals surface area contributed by atoms with Gasteiger partial charge in [-0.2, -0.15) is 0 Å². The third-order valence-corrected chi connectivity index (χ3v) is 13.2. The van der Waals surface area contributed by atoms with Gasteiger partial charge in [-0.15, -0.1) is 0 Å². The van der Waals surface area contributed by atoms with Crippen LogP contribution in [0.15, 0.2) is 30.3 Å². The van der Waals surface area contributed by atoms with Crippen LogP contribution in [0.5, 0.6) is 0 Å². The zero-order valence-corrected chi connectivity index (χ0v) is 27.0. The molecule has 0 heterocycles. The molecule has 0 saturated heterocycles. The van der Waals surface area contributed by atoms with Gasteiger partial charge in [0.1, 0.15) is 6.04 Å². The Kier molecular flexibility index (Phi) is 9.66. The number of anilines is 1. The number of hydrogen-bond donors (Lipinski definition) is 5. The number of rotatable bonds is 9. The van der Waals surface area contributed by atoms with E-state index in [4.69, 9.17) is 0 Å². The Morgan fingerprint density at radius 1 is 0.977 bits per heavy atom. The summed E-state index contributed by atoms with van der Waals surface area (Å²) in [5.74, 6) is 1.26. The van der Waals surface area contributed by atoms with Crippen molar-refractivity contribution in [3.63, 3.8) is 0 Å². The summed E-state index contributed by atoms with van der Waals surface area (Å²) in [6.07, 6.45) is 6.77. The third-order valence-electron chi connectivity index (χ3n) is 13.2. The average Bonchev–Trinajstić information content (AvgIpc) is 3.34. The van der Waals surface area contributed by atoms with Crippen LogP contribution in [0.3, 0.4) is 0 Å². The molecule has 1 aromatic rings. The Balaban J connectivity index is 1.23. The number of aliphatic hydroxyl groups is 3. The van der Waals surface area contributed by atoms with Gasteiger partial charge in [0.25, 0.3) is 0 Å². The van der Waals surface area contributed by atoms with Crippen molar-refractivity contribution in [2.45, 2.75) is 123 Å². The standard InChI is InChI=1S/C36H56N2O5/c1-6-21(2)33(34(43)37-24-10-8-7-9-11-24)38-31(42)15-12-22(3)26-13-14-27-32-28(20-30(41)36(26,27)5)35(4)17-16-25(39)18-23(35)19-29(32)40/h7-11,21-23,25-30,32-33,39-41H,6,12-20H2,1-5H3,(H,37,43)(H,38,42)/t21-,22-,23+,25-,26-,27+,28+,29-,30+,32+,33+,35+,36-/m1/s1. The second-order valence-electron chi connectivity index (χ2n) is 15.3. The Hall–Kier alpha value is -1.96. The number of benzene rings is 1. The van der Waals surface area contributed by atoms with Crippen molar-refractivity contribution in [1.29, 1.82) is 0 Å². The van der Waals surface area contributed by atoms with Gasteiger partial charge in [0.05, 0.1) is 18.3 Å². The molecule has 5 N–H and O–H groups in total. The SMILES string of the molecule is CC[C@@H](C)[C@H](NC(=O)CC[C@@H](C)[C@H]1CC[C@H]2[C@@H]3[C@H](O)C[C@@H]4C[C@H](O)CC[C@]4(C)[C@H]3C[C@H](O)[C@]12C)C(=O)Nc1ccccc1. The lowest BCUT2D eigenvalue weighted by atomic mass is 9.43. The van der Waals surface area contributed by atoms with E-state index < -0.39 is 12.1 Å². The first kappa shape index (κ1) is 32.4. The van der Waals surface area contributed by atoms with E-state index in [-0.39, 0.29) is 70.4 Å².